The highest BCUT2D eigenvalue weighted by Crippen LogP contribution is 2.03. The third kappa shape index (κ3) is 3.21. The van der Waals surface area contributed by atoms with Gasteiger partial charge in [-0.25, -0.2) is 0 Å². The number of methoxy groups -OCH3 is 1. The van der Waals surface area contributed by atoms with Gasteiger partial charge in [-0.1, -0.05) is 0 Å². The van der Waals surface area contributed by atoms with Gasteiger partial charge in [-0.3, -0.25) is 9.89 Å². The molecule has 1 rings (SSSR count). The molecule has 0 aliphatic carbocycles. The van der Waals surface area contributed by atoms with Crippen molar-refractivity contribution in [3.63, 3.8) is 0 Å². The average molecular weight is 232 g/mol. The molecule has 0 spiro atoms. The summed E-state index contributed by atoms with van der Waals surface area (Å²) in [6, 6.07) is -0.182. The number of hydrogen-bond acceptors (Lipinski definition) is 3. The van der Waals surface area contributed by atoms with Gasteiger partial charge >= 0.3 is 0 Å². The second kappa shape index (κ2) is 5.72. The summed E-state index contributed by atoms with van der Waals surface area (Å²) in [6.45, 7) is 2.18. The van der Waals surface area contributed by atoms with Gasteiger partial charge in [0.15, 0.2) is 0 Å². The summed E-state index contributed by atoms with van der Waals surface area (Å²) in [5.74, 6) is 0.125. The number of alkyl halides is 1. The highest BCUT2D eigenvalue weighted by Gasteiger charge is 2.15. The molecule has 1 aromatic heterocycles. The van der Waals surface area contributed by atoms with E-state index >= 15 is 0 Å². The largest absolute Gasteiger partial charge is 0.383 e. The molecule has 1 heterocycles. The normalized spacial score (nSPS) is 12.5. The van der Waals surface area contributed by atoms with Gasteiger partial charge in [-0.05, 0) is 6.92 Å². The highest BCUT2D eigenvalue weighted by molar-refractivity contribution is 6.18. The fourth-order valence-electron chi connectivity index (χ4n) is 1.17. The van der Waals surface area contributed by atoms with Crippen LogP contribution in [-0.2, 0) is 4.74 Å². The van der Waals surface area contributed by atoms with Crippen LogP contribution in [0.25, 0.3) is 0 Å². The van der Waals surface area contributed by atoms with Gasteiger partial charge in [0.05, 0.1) is 24.4 Å². The monoisotopic (exact) mass is 231 g/mol. The van der Waals surface area contributed by atoms with Crippen molar-refractivity contribution < 1.29 is 9.53 Å². The Morgan fingerprint density at radius 3 is 3.00 bits per heavy atom. The molecule has 0 fully saturated rings. The van der Waals surface area contributed by atoms with Crippen LogP contribution >= 0.6 is 11.6 Å². The number of ether oxygens (including phenoxy) is 1. The highest BCUT2D eigenvalue weighted by atomic mass is 35.5. The number of nitrogens with one attached hydrogen (secondary N) is 2. The second-order valence-electron chi connectivity index (χ2n) is 3.19. The zero-order valence-electron chi connectivity index (χ0n) is 8.71. The number of amides is 1. The van der Waals surface area contributed by atoms with Crippen molar-refractivity contribution in [1.29, 1.82) is 0 Å². The smallest absolute Gasteiger partial charge is 0.255 e. The molecule has 1 atom stereocenters. The number of aromatic amines is 1. The van der Waals surface area contributed by atoms with Crippen molar-refractivity contribution in [2.45, 2.75) is 13.0 Å². The number of rotatable bonds is 5. The number of carbonyl (C=O) groups is 1. The minimum absolute atomic E-state index is 0.182. The van der Waals surface area contributed by atoms with E-state index in [0.29, 0.717) is 18.1 Å². The Bertz CT molecular complexity index is 327. The second-order valence-corrected chi connectivity index (χ2v) is 3.50. The molecule has 0 aliphatic rings. The standard InChI is InChI=1S/C9H14ClN3O2/c1-6-8(4-11-13-6)9(14)12-7(3-10)5-15-2/h4,7H,3,5H2,1-2H3,(H,11,13)(H,12,14). The van der Waals surface area contributed by atoms with Crippen molar-refractivity contribution in [2.24, 2.45) is 0 Å². The lowest BCUT2D eigenvalue weighted by molar-refractivity contribution is 0.0906. The molecule has 5 nitrogen and oxygen atoms in total. The molecule has 0 saturated carbocycles. The summed E-state index contributed by atoms with van der Waals surface area (Å²) in [7, 11) is 1.56. The average Bonchev–Trinajstić information content (AvgIpc) is 2.63. The lowest BCUT2D eigenvalue weighted by Crippen LogP contribution is -2.39. The molecule has 2 N–H and O–H groups in total. The van der Waals surface area contributed by atoms with Crippen LogP contribution in [0.3, 0.4) is 0 Å². The van der Waals surface area contributed by atoms with E-state index in [2.05, 4.69) is 15.5 Å². The van der Waals surface area contributed by atoms with Crippen LogP contribution in [0.5, 0.6) is 0 Å². The number of carbonyl (C=O) groups excluding carboxylic acids is 1. The van der Waals surface area contributed by atoms with Crippen LogP contribution in [0.15, 0.2) is 6.20 Å². The Balaban J connectivity index is 2.58. The van der Waals surface area contributed by atoms with E-state index in [1.165, 1.54) is 6.20 Å². The van der Waals surface area contributed by atoms with Gasteiger partial charge in [0.1, 0.15) is 0 Å². The van der Waals surface area contributed by atoms with E-state index in [1.807, 2.05) is 0 Å². The molecule has 0 aromatic carbocycles. The van der Waals surface area contributed by atoms with Gasteiger partial charge in [-0.15, -0.1) is 11.6 Å². The lowest BCUT2D eigenvalue weighted by Gasteiger charge is -2.14. The first kappa shape index (κ1) is 12.0. The molecule has 1 unspecified atom stereocenters. The van der Waals surface area contributed by atoms with Crippen LogP contribution in [0.1, 0.15) is 16.1 Å². The number of aromatic nitrogens is 2. The zero-order chi connectivity index (χ0) is 11.3. The van der Waals surface area contributed by atoms with Crippen molar-refractivity contribution >= 4 is 17.5 Å². The Morgan fingerprint density at radius 2 is 2.53 bits per heavy atom. The van der Waals surface area contributed by atoms with E-state index < -0.39 is 0 Å². The minimum atomic E-state index is -0.191. The summed E-state index contributed by atoms with van der Waals surface area (Å²) < 4.78 is 4.92. The molecule has 1 aromatic rings. The number of H-pyrrole nitrogens is 1. The zero-order valence-corrected chi connectivity index (χ0v) is 9.47. The molecule has 0 radical (unpaired) electrons. The van der Waals surface area contributed by atoms with Crippen LogP contribution in [0.2, 0.25) is 0 Å². The fourth-order valence-corrected chi connectivity index (χ4v) is 1.33. The summed E-state index contributed by atoms with van der Waals surface area (Å²) in [4.78, 5) is 11.7. The number of halogens is 1. The predicted octanol–water partition coefficient (Wildman–Crippen LogP) is 0.702. The lowest BCUT2D eigenvalue weighted by atomic mass is 10.2. The van der Waals surface area contributed by atoms with Crippen molar-refractivity contribution in [2.75, 3.05) is 19.6 Å². The van der Waals surface area contributed by atoms with E-state index in [9.17, 15) is 4.79 Å². The van der Waals surface area contributed by atoms with Gasteiger partial charge in [0.25, 0.3) is 5.91 Å². The Hall–Kier alpha value is -1.07. The Labute approximate surface area is 93.1 Å². The van der Waals surface area contributed by atoms with Crippen molar-refractivity contribution in [3.05, 3.63) is 17.5 Å². The molecule has 15 heavy (non-hydrogen) atoms. The third-order valence-electron chi connectivity index (χ3n) is 1.96. The van der Waals surface area contributed by atoms with Crippen LogP contribution in [0.4, 0.5) is 0 Å². The first-order chi connectivity index (χ1) is 7.19. The van der Waals surface area contributed by atoms with Gasteiger partial charge in [0.2, 0.25) is 0 Å². The van der Waals surface area contributed by atoms with Crippen LogP contribution < -0.4 is 5.32 Å². The third-order valence-corrected chi connectivity index (χ3v) is 2.34. The molecule has 0 aliphatic heterocycles. The molecular weight excluding hydrogens is 218 g/mol. The van der Waals surface area contributed by atoms with E-state index in [-0.39, 0.29) is 11.9 Å². The molecule has 0 bridgehead atoms. The molecular formula is C9H14ClN3O2. The van der Waals surface area contributed by atoms with Gasteiger partial charge in [0, 0.05) is 18.7 Å². The Morgan fingerprint density at radius 1 is 1.80 bits per heavy atom. The molecule has 6 heteroatoms. The summed E-state index contributed by atoms with van der Waals surface area (Å²) >= 11 is 5.67. The number of aryl methyl sites for hydroxylation is 1. The topological polar surface area (TPSA) is 67.0 Å². The van der Waals surface area contributed by atoms with Crippen LogP contribution in [0, 0.1) is 6.92 Å². The first-order valence-electron chi connectivity index (χ1n) is 4.54. The van der Waals surface area contributed by atoms with E-state index in [0.717, 1.165) is 5.69 Å². The summed E-state index contributed by atoms with van der Waals surface area (Å²) in [5.41, 5.74) is 1.26. The number of hydrogen-bond donors (Lipinski definition) is 2. The molecule has 84 valence electrons. The maximum absolute atomic E-state index is 11.7. The maximum atomic E-state index is 11.7. The molecule has 1 amide bonds. The summed E-state index contributed by atoms with van der Waals surface area (Å²) in [6.07, 6.45) is 1.49. The first-order valence-corrected chi connectivity index (χ1v) is 5.08. The van der Waals surface area contributed by atoms with Crippen LogP contribution in [-0.4, -0.2) is 41.7 Å². The maximum Gasteiger partial charge on any atom is 0.255 e. The van der Waals surface area contributed by atoms with Gasteiger partial charge < -0.3 is 10.1 Å². The van der Waals surface area contributed by atoms with E-state index in [4.69, 9.17) is 16.3 Å². The SMILES string of the molecule is COCC(CCl)NC(=O)c1cn[nH]c1C. The fraction of sp³-hybridized carbons (Fsp3) is 0.556. The van der Waals surface area contributed by atoms with Crippen molar-refractivity contribution in [3.8, 4) is 0 Å². The predicted molar refractivity (Wildman–Crippen MR) is 57.2 cm³/mol. The minimum Gasteiger partial charge on any atom is -0.383 e. The Kier molecular flexibility index (Phi) is 4.58. The van der Waals surface area contributed by atoms with E-state index in [1.54, 1.807) is 14.0 Å². The van der Waals surface area contributed by atoms with Crippen molar-refractivity contribution in [1.82, 2.24) is 15.5 Å². The number of nitrogens with zero attached hydrogens (tertiary/aromatic N) is 1. The quantitative estimate of drug-likeness (QED) is 0.734. The van der Waals surface area contributed by atoms with Gasteiger partial charge in [-0.2, -0.15) is 5.10 Å². The summed E-state index contributed by atoms with van der Waals surface area (Å²) in [5, 5.41) is 9.22. The molecule has 0 saturated heterocycles.